The van der Waals surface area contributed by atoms with Crippen LogP contribution < -0.4 is 10.6 Å². The third-order valence-corrected chi connectivity index (χ3v) is 2.86. The highest BCUT2D eigenvalue weighted by Crippen LogP contribution is 2.12. The Labute approximate surface area is 104 Å². The van der Waals surface area contributed by atoms with Gasteiger partial charge in [-0.25, -0.2) is 0 Å². The summed E-state index contributed by atoms with van der Waals surface area (Å²) in [7, 11) is 1.67. The van der Waals surface area contributed by atoms with Crippen LogP contribution in [0.1, 0.15) is 31.2 Å². The Bertz CT molecular complexity index is 324. The zero-order chi connectivity index (χ0) is 12.5. The van der Waals surface area contributed by atoms with Crippen molar-refractivity contribution in [2.45, 2.75) is 25.7 Å². The van der Waals surface area contributed by atoms with Crippen LogP contribution >= 0.6 is 0 Å². The minimum atomic E-state index is 0.114. The lowest BCUT2D eigenvalue weighted by molar-refractivity contribution is -0.120. The molecule has 0 aliphatic rings. The van der Waals surface area contributed by atoms with E-state index in [4.69, 9.17) is 0 Å². The zero-order valence-corrected chi connectivity index (χ0v) is 10.7. The van der Waals surface area contributed by atoms with Crippen molar-refractivity contribution in [2.24, 2.45) is 0 Å². The van der Waals surface area contributed by atoms with Crippen molar-refractivity contribution >= 4 is 5.91 Å². The van der Waals surface area contributed by atoms with Crippen LogP contribution in [0.3, 0.4) is 0 Å². The molecule has 0 aromatic heterocycles. The molecule has 1 amide bonds. The summed E-state index contributed by atoms with van der Waals surface area (Å²) in [5.74, 6) is 0.624. The van der Waals surface area contributed by atoms with E-state index in [1.54, 1.807) is 7.05 Å². The molecule has 1 unspecified atom stereocenters. The number of hydrogen-bond acceptors (Lipinski definition) is 2. The van der Waals surface area contributed by atoms with E-state index in [2.05, 4.69) is 41.8 Å². The first kappa shape index (κ1) is 13.7. The van der Waals surface area contributed by atoms with Crippen LogP contribution in [0, 0.1) is 0 Å². The summed E-state index contributed by atoms with van der Waals surface area (Å²) in [6, 6.07) is 10.5. The zero-order valence-electron chi connectivity index (χ0n) is 10.7. The molecule has 0 aliphatic carbocycles. The molecule has 0 saturated carbocycles. The third kappa shape index (κ3) is 5.50. The third-order valence-electron chi connectivity index (χ3n) is 2.86. The lowest BCUT2D eigenvalue weighted by atomic mass is 10.0. The second-order valence-electron chi connectivity index (χ2n) is 4.29. The average molecular weight is 234 g/mol. The van der Waals surface area contributed by atoms with Gasteiger partial charge in [0.1, 0.15) is 0 Å². The molecule has 0 aliphatic heterocycles. The van der Waals surface area contributed by atoms with Crippen LogP contribution in [0.15, 0.2) is 30.3 Å². The van der Waals surface area contributed by atoms with Crippen molar-refractivity contribution < 1.29 is 4.79 Å². The van der Waals surface area contributed by atoms with Crippen LogP contribution in [-0.4, -0.2) is 26.0 Å². The second-order valence-corrected chi connectivity index (χ2v) is 4.29. The lowest BCUT2D eigenvalue weighted by Crippen LogP contribution is -2.23. The predicted octanol–water partition coefficient (Wildman–Crippen LogP) is 1.91. The van der Waals surface area contributed by atoms with Gasteiger partial charge >= 0.3 is 0 Å². The minimum Gasteiger partial charge on any atom is -0.359 e. The van der Waals surface area contributed by atoms with Gasteiger partial charge in [-0.1, -0.05) is 37.3 Å². The first-order valence-electron chi connectivity index (χ1n) is 6.20. The molecule has 94 valence electrons. The van der Waals surface area contributed by atoms with Crippen molar-refractivity contribution in [3.63, 3.8) is 0 Å². The number of carbonyl (C=O) groups is 1. The molecule has 1 aromatic rings. The monoisotopic (exact) mass is 234 g/mol. The Morgan fingerprint density at radius 2 is 2.00 bits per heavy atom. The van der Waals surface area contributed by atoms with E-state index >= 15 is 0 Å². The van der Waals surface area contributed by atoms with Gasteiger partial charge in [-0.3, -0.25) is 4.79 Å². The maximum atomic E-state index is 11.0. The van der Waals surface area contributed by atoms with Gasteiger partial charge in [0.05, 0.1) is 0 Å². The first-order chi connectivity index (χ1) is 8.24. The maximum absolute atomic E-state index is 11.0. The Balaban J connectivity index is 2.13. The Morgan fingerprint density at radius 1 is 1.29 bits per heavy atom. The quantitative estimate of drug-likeness (QED) is 0.708. The van der Waals surface area contributed by atoms with Crippen molar-refractivity contribution in [3.05, 3.63) is 35.9 Å². The Morgan fingerprint density at radius 3 is 2.65 bits per heavy atom. The average Bonchev–Trinajstić information content (AvgIpc) is 2.38. The van der Waals surface area contributed by atoms with Gasteiger partial charge in [0.2, 0.25) is 5.91 Å². The smallest absolute Gasteiger partial charge is 0.219 e. The summed E-state index contributed by atoms with van der Waals surface area (Å²) < 4.78 is 0. The molecule has 1 aromatic carbocycles. The maximum Gasteiger partial charge on any atom is 0.219 e. The van der Waals surface area contributed by atoms with Crippen molar-refractivity contribution in [2.75, 3.05) is 20.1 Å². The Kier molecular flexibility index (Phi) is 6.33. The highest BCUT2D eigenvalue weighted by Gasteiger charge is 2.03. The lowest BCUT2D eigenvalue weighted by Gasteiger charge is -2.12. The van der Waals surface area contributed by atoms with Gasteiger partial charge in [-0.2, -0.15) is 0 Å². The normalized spacial score (nSPS) is 12.1. The fourth-order valence-electron chi connectivity index (χ4n) is 1.72. The number of amides is 1. The molecular weight excluding hydrogens is 212 g/mol. The molecule has 1 atom stereocenters. The predicted molar refractivity (Wildman–Crippen MR) is 71.0 cm³/mol. The van der Waals surface area contributed by atoms with E-state index in [0.717, 1.165) is 19.5 Å². The van der Waals surface area contributed by atoms with Gasteiger partial charge in [0.15, 0.2) is 0 Å². The summed E-state index contributed by atoms with van der Waals surface area (Å²) in [6.07, 6.45) is 1.49. The van der Waals surface area contributed by atoms with Gasteiger partial charge in [-0.15, -0.1) is 0 Å². The highest BCUT2D eigenvalue weighted by molar-refractivity contribution is 5.75. The molecule has 2 N–H and O–H groups in total. The molecule has 0 bridgehead atoms. The van der Waals surface area contributed by atoms with Crippen molar-refractivity contribution in [3.8, 4) is 0 Å². The molecule has 0 radical (unpaired) electrons. The largest absolute Gasteiger partial charge is 0.359 e. The second kappa shape index (κ2) is 7.85. The minimum absolute atomic E-state index is 0.114. The molecule has 1 rings (SSSR count). The molecule has 0 heterocycles. The van der Waals surface area contributed by atoms with Crippen LogP contribution in [-0.2, 0) is 4.79 Å². The molecule has 3 nitrogen and oxygen atoms in total. The van der Waals surface area contributed by atoms with Crippen LogP contribution in [0.2, 0.25) is 0 Å². The molecule has 0 spiro atoms. The van der Waals surface area contributed by atoms with E-state index in [1.807, 2.05) is 6.07 Å². The summed E-state index contributed by atoms with van der Waals surface area (Å²) >= 11 is 0. The number of hydrogen-bond donors (Lipinski definition) is 2. The summed E-state index contributed by atoms with van der Waals surface area (Å²) in [5.41, 5.74) is 1.35. The fourth-order valence-corrected chi connectivity index (χ4v) is 1.72. The van der Waals surface area contributed by atoms with Gasteiger partial charge in [0, 0.05) is 20.0 Å². The van der Waals surface area contributed by atoms with E-state index in [-0.39, 0.29) is 5.91 Å². The summed E-state index contributed by atoms with van der Waals surface area (Å²) in [5, 5.41) is 6.01. The van der Waals surface area contributed by atoms with Gasteiger partial charge in [-0.05, 0) is 24.4 Å². The first-order valence-corrected chi connectivity index (χ1v) is 6.20. The number of benzene rings is 1. The molecule has 0 saturated heterocycles. The highest BCUT2D eigenvalue weighted by atomic mass is 16.1. The molecular formula is C14H22N2O. The fraction of sp³-hybridized carbons (Fsp3) is 0.500. The summed E-state index contributed by atoms with van der Waals surface area (Å²) in [4.78, 5) is 11.0. The number of nitrogens with one attached hydrogen (secondary N) is 2. The standard InChI is InChI=1S/C14H22N2O/c1-12(13-7-4-3-5-8-13)11-16-10-6-9-14(17)15-2/h3-5,7-8,12,16H,6,9-11H2,1-2H3,(H,15,17). The van der Waals surface area contributed by atoms with Crippen LogP contribution in [0.4, 0.5) is 0 Å². The van der Waals surface area contributed by atoms with Crippen molar-refractivity contribution in [1.82, 2.24) is 10.6 Å². The van der Waals surface area contributed by atoms with Crippen molar-refractivity contribution in [1.29, 1.82) is 0 Å². The molecule has 17 heavy (non-hydrogen) atoms. The van der Waals surface area contributed by atoms with Crippen LogP contribution in [0.5, 0.6) is 0 Å². The Hall–Kier alpha value is -1.35. The summed E-state index contributed by atoms with van der Waals surface area (Å²) in [6.45, 7) is 4.06. The van der Waals surface area contributed by atoms with E-state index < -0.39 is 0 Å². The topological polar surface area (TPSA) is 41.1 Å². The molecule has 0 fully saturated rings. The van der Waals surface area contributed by atoms with E-state index in [0.29, 0.717) is 12.3 Å². The van der Waals surface area contributed by atoms with E-state index in [1.165, 1.54) is 5.56 Å². The van der Waals surface area contributed by atoms with Crippen LogP contribution in [0.25, 0.3) is 0 Å². The van der Waals surface area contributed by atoms with Gasteiger partial charge < -0.3 is 10.6 Å². The van der Waals surface area contributed by atoms with Gasteiger partial charge in [0.25, 0.3) is 0 Å². The molecule has 3 heteroatoms. The SMILES string of the molecule is CNC(=O)CCCNCC(C)c1ccccc1. The van der Waals surface area contributed by atoms with E-state index in [9.17, 15) is 4.79 Å². The number of carbonyl (C=O) groups excluding carboxylic acids is 1. The number of rotatable bonds is 7.